The van der Waals surface area contributed by atoms with E-state index in [-0.39, 0.29) is 11.8 Å². The Kier molecular flexibility index (Phi) is 3.40. The molecule has 0 aliphatic carbocycles. The lowest BCUT2D eigenvalue weighted by Crippen LogP contribution is -2.37. The van der Waals surface area contributed by atoms with E-state index in [2.05, 4.69) is 10.6 Å². The molecule has 82 valence electrons. The van der Waals surface area contributed by atoms with Crippen molar-refractivity contribution in [1.29, 1.82) is 0 Å². The second-order valence-electron chi connectivity index (χ2n) is 3.87. The molecule has 2 rings (SSSR count). The lowest BCUT2D eigenvalue weighted by Gasteiger charge is -2.21. The number of carbonyl (C=O) groups is 1. The topological polar surface area (TPSA) is 54.3 Å². The van der Waals surface area contributed by atoms with Crippen LogP contribution in [-0.4, -0.2) is 19.0 Å². The maximum Gasteiger partial charge on any atom is 0.223 e. The monoisotopic (exact) mass is 208 g/mol. The van der Waals surface area contributed by atoms with E-state index in [9.17, 15) is 4.79 Å². The van der Waals surface area contributed by atoms with Crippen LogP contribution >= 0.6 is 0 Å². The van der Waals surface area contributed by atoms with Crippen molar-refractivity contribution in [2.24, 2.45) is 5.92 Å². The van der Waals surface area contributed by atoms with Crippen molar-refractivity contribution in [3.63, 3.8) is 0 Å². The van der Waals surface area contributed by atoms with Crippen LogP contribution in [-0.2, 0) is 11.3 Å². The number of amides is 1. The molecule has 15 heavy (non-hydrogen) atoms. The quantitative estimate of drug-likeness (QED) is 0.775. The third-order valence-corrected chi connectivity index (χ3v) is 2.76. The molecule has 2 N–H and O–H groups in total. The first kappa shape index (κ1) is 10.2. The summed E-state index contributed by atoms with van der Waals surface area (Å²) < 4.78 is 4.93. The largest absolute Gasteiger partial charge is 0.472 e. The van der Waals surface area contributed by atoms with E-state index in [0.29, 0.717) is 6.54 Å². The Balaban J connectivity index is 1.76. The Morgan fingerprint density at radius 1 is 1.53 bits per heavy atom. The summed E-state index contributed by atoms with van der Waals surface area (Å²) in [6.45, 7) is 2.47. The zero-order valence-electron chi connectivity index (χ0n) is 8.66. The molecule has 0 radical (unpaired) electrons. The molecule has 4 nitrogen and oxygen atoms in total. The molecule has 1 aromatic heterocycles. The van der Waals surface area contributed by atoms with E-state index in [4.69, 9.17) is 4.42 Å². The van der Waals surface area contributed by atoms with Gasteiger partial charge in [-0.2, -0.15) is 0 Å². The van der Waals surface area contributed by atoms with E-state index in [1.54, 1.807) is 12.5 Å². The van der Waals surface area contributed by atoms with Crippen LogP contribution < -0.4 is 10.6 Å². The van der Waals surface area contributed by atoms with Crippen molar-refractivity contribution in [1.82, 2.24) is 10.6 Å². The van der Waals surface area contributed by atoms with Gasteiger partial charge in [-0.05, 0) is 32.0 Å². The molecule has 0 spiro atoms. The van der Waals surface area contributed by atoms with Gasteiger partial charge in [-0.3, -0.25) is 4.79 Å². The Morgan fingerprint density at radius 2 is 2.33 bits per heavy atom. The van der Waals surface area contributed by atoms with Crippen LogP contribution in [0.15, 0.2) is 23.0 Å². The number of rotatable bonds is 3. The average Bonchev–Trinajstić information content (AvgIpc) is 2.80. The summed E-state index contributed by atoms with van der Waals surface area (Å²) >= 11 is 0. The van der Waals surface area contributed by atoms with Crippen molar-refractivity contribution < 1.29 is 9.21 Å². The van der Waals surface area contributed by atoms with Gasteiger partial charge in [0.1, 0.15) is 0 Å². The minimum Gasteiger partial charge on any atom is -0.472 e. The smallest absolute Gasteiger partial charge is 0.223 e. The molecule has 0 aromatic carbocycles. The molecule has 1 fully saturated rings. The number of piperidine rings is 1. The van der Waals surface area contributed by atoms with Gasteiger partial charge in [0, 0.05) is 18.0 Å². The van der Waals surface area contributed by atoms with Gasteiger partial charge in [0.05, 0.1) is 12.5 Å². The third kappa shape index (κ3) is 2.83. The number of nitrogens with one attached hydrogen (secondary N) is 2. The fraction of sp³-hybridized carbons (Fsp3) is 0.545. The zero-order chi connectivity index (χ0) is 10.5. The average molecular weight is 208 g/mol. The molecule has 1 aliphatic heterocycles. The van der Waals surface area contributed by atoms with Gasteiger partial charge in [-0.25, -0.2) is 0 Å². The van der Waals surface area contributed by atoms with Crippen molar-refractivity contribution in [2.45, 2.75) is 19.4 Å². The highest BCUT2D eigenvalue weighted by Crippen LogP contribution is 2.11. The molecular formula is C11H16N2O2. The van der Waals surface area contributed by atoms with Crippen LogP contribution in [0, 0.1) is 5.92 Å². The first-order valence-electron chi connectivity index (χ1n) is 5.36. The molecule has 0 saturated carbocycles. The molecule has 1 amide bonds. The van der Waals surface area contributed by atoms with E-state index in [1.165, 1.54) is 0 Å². The predicted octanol–water partition coefficient (Wildman–Crippen LogP) is 0.895. The normalized spacial score (nSPS) is 17.6. The Bertz CT molecular complexity index is 302. The van der Waals surface area contributed by atoms with Gasteiger partial charge in [-0.1, -0.05) is 0 Å². The molecule has 0 atom stereocenters. The summed E-state index contributed by atoms with van der Waals surface area (Å²) in [4.78, 5) is 11.7. The highest BCUT2D eigenvalue weighted by Gasteiger charge is 2.20. The van der Waals surface area contributed by atoms with Crippen LogP contribution in [0.1, 0.15) is 18.4 Å². The van der Waals surface area contributed by atoms with Gasteiger partial charge in [0.2, 0.25) is 5.91 Å². The number of furan rings is 1. The maximum absolute atomic E-state index is 11.7. The lowest BCUT2D eigenvalue weighted by atomic mass is 9.97. The van der Waals surface area contributed by atoms with E-state index in [1.807, 2.05) is 6.07 Å². The standard InChI is InChI=1S/C11H16N2O2/c14-11(10-1-4-12-5-2-10)13-7-9-3-6-15-8-9/h3,6,8,10,12H,1-2,4-5,7H2,(H,13,14). The Hall–Kier alpha value is -1.29. The number of carbonyl (C=O) groups excluding carboxylic acids is 1. The van der Waals surface area contributed by atoms with Crippen LogP contribution in [0.5, 0.6) is 0 Å². The minimum absolute atomic E-state index is 0.165. The fourth-order valence-corrected chi connectivity index (χ4v) is 1.81. The number of hydrogen-bond donors (Lipinski definition) is 2. The summed E-state index contributed by atoms with van der Waals surface area (Å²) in [6.07, 6.45) is 5.16. The molecule has 1 saturated heterocycles. The second-order valence-corrected chi connectivity index (χ2v) is 3.87. The fourth-order valence-electron chi connectivity index (χ4n) is 1.81. The van der Waals surface area contributed by atoms with Crippen LogP contribution in [0.2, 0.25) is 0 Å². The van der Waals surface area contributed by atoms with Crippen LogP contribution in [0.25, 0.3) is 0 Å². The molecule has 0 unspecified atom stereocenters. The summed E-state index contributed by atoms with van der Waals surface area (Å²) in [5.41, 5.74) is 1.01. The SMILES string of the molecule is O=C(NCc1ccoc1)C1CCNCC1. The van der Waals surface area contributed by atoms with Crippen LogP contribution in [0.4, 0.5) is 0 Å². The second kappa shape index (κ2) is 4.98. The van der Waals surface area contributed by atoms with Crippen molar-refractivity contribution in [3.8, 4) is 0 Å². The van der Waals surface area contributed by atoms with Gasteiger partial charge < -0.3 is 15.1 Å². The van der Waals surface area contributed by atoms with Crippen molar-refractivity contribution in [2.75, 3.05) is 13.1 Å². The molecule has 4 heteroatoms. The highest BCUT2D eigenvalue weighted by molar-refractivity contribution is 5.78. The van der Waals surface area contributed by atoms with Gasteiger partial charge in [0.25, 0.3) is 0 Å². The van der Waals surface area contributed by atoms with Crippen molar-refractivity contribution in [3.05, 3.63) is 24.2 Å². The van der Waals surface area contributed by atoms with Gasteiger partial charge >= 0.3 is 0 Å². The molecule has 1 aromatic rings. The highest BCUT2D eigenvalue weighted by atomic mass is 16.3. The molecular weight excluding hydrogens is 192 g/mol. The van der Waals surface area contributed by atoms with E-state index < -0.39 is 0 Å². The Morgan fingerprint density at radius 3 is 3.00 bits per heavy atom. The number of hydrogen-bond acceptors (Lipinski definition) is 3. The molecule has 1 aliphatic rings. The summed E-state index contributed by atoms with van der Waals surface area (Å²) in [5, 5.41) is 6.17. The predicted molar refractivity (Wildman–Crippen MR) is 56.1 cm³/mol. The van der Waals surface area contributed by atoms with Crippen LogP contribution in [0.3, 0.4) is 0 Å². The van der Waals surface area contributed by atoms with Gasteiger partial charge in [0.15, 0.2) is 0 Å². The lowest BCUT2D eigenvalue weighted by molar-refractivity contribution is -0.125. The molecule has 0 bridgehead atoms. The minimum atomic E-state index is 0.165. The zero-order valence-corrected chi connectivity index (χ0v) is 8.66. The Labute approximate surface area is 89.0 Å². The van der Waals surface area contributed by atoms with E-state index >= 15 is 0 Å². The maximum atomic E-state index is 11.7. The summed E-state index contributed by atoms with van der Waals surface area (Å²) in [5.74, 6) is 0.343. The molecule has 2 heterocycles. The van der Waals surface area contributed by atoms with Gasteiger partial charge in [-0.15, -0.1) is 0 Å². The van der Waals surface area contributed by atoms with Crippen molar-refractivity contribution >= 4 is 5.91 Å². The first-order valence-corrected chi connectivity index (χ1v) is 5.36. The third-order valence-electron chi connectivity index (χ3n) is 2.76. The first-order chi connectivity index (χ1) is 7.36. The van der Waals surface area contributed by atoms with E-state index in [0.717, 1.165) is 31.5 Å². The summed E-state index contributed by atoms with van der Waals surface area (Å²) in [6, 6.07) is 1.86. The summed E-state index contributed by atoms with van der Waals surface area (Å²) in [7, 11) is 0.